The lowest BCUT2D eigenvalue weighted by atomic mass is 10.1. The zero-order chi connectivity index (χ0) is 20.4. The lowest BCUT2D eigenvalue weighted by molar-refractivity contribution is -0.122. The standard InChI is InChI=1S/C21H27N5O2S/c1-4-17(20(27)23-19-13-14(2)28-24-19)26-11-9-25(10-12-26)15(3)21-22-16-7-5-6-8-18(16)29-21/h5-8,13,15,17H,4,9-12H2,1-3H3,(H,23,24,27)/t15-,17-/m1/s1. The van der Waals surface area contributed by atoms with Crippen molar-refractivity contribution in [2.24, 2.45) is 0 Å². The highest BCUT2D eigenvalue weighted by atomic mass is 32.1. The van der Waals surface area contributed by atoms with Crippen molar-refractivity contribution in [2.75, 3.05) is 31.5 Å². The Hall–Kier alpha value is -2.29. The molecular weight excluding hydrogens is 386 g/mol. The number of para-hydroxylation sites is 1. The number of aryl methyl sites for hydroxylation is 1. The Bertz CT molecular complexity index is 943. The maximum absolute atomic E-state index is 12.7. The molecular formula is C21H27N5O2S. The summed E-state index contributed by atoms with van der Waals surface area (Å²) in [5, 5.41) is 7.90. The highest BCUT2D eigenvalue weighted by molar-refractivity contribution is 7.18. The van der Waals surface area contributed by atoms with Gasteiger partial charge in [0.05, 0.1) is 22.3 Å². The van der Waals surface area contributed by atoms with E-state index < -0.39 is 0 Å². The number of hydrogen-bond acceptors (Lipinski definition) is 7. The lowest BCUT2D eigenvalue weighted by Crippen LogP contribution is -2.53. The Morgan fingerprint density at radius 1 is 1.24 bits per heavy atom. The minimum absolute atomic E-state index is 0.0199. The van der Waals surface area contributed by atoms with Crippen LogP contribution < -0.4 is 5.32 Å². The minimum atomic E-state index is -0.160. The van der Waals surface area contributed by atoms with Crippen molar-refractivity contribution in [2.45, 2.75) is 39.3 Å². The molecule has 1 aromatic carbocycles. The van der Waals surface area contributed by atoms with Crippen molar-refractivity contribution < 1.29 is 9.32 Å². The second kappa shape index (κ2) is 8.61. The topological polar surface area (TPSA) is 74.5 Å². The van der Waals surface area contributed by atoms with Crippen molar-refractivity contribution in [1.82, 2.24) is 19.9 Å². The summed E-state index contributed by atoms with van der Waals surface area (Å²) in [6.07, 6.45) is 0.760. The normalized spacial score (nSPS) is 18.0. The third kappa shape index (κ3) is 4.34. The van der Waals surface area contributed by atoms with Crippen LogP contribution in [0, 0.1) is 6.92 Å². The predicted octanol–water partition coefficient (Wildman–Crippen LogP) is 3.69. The van der Waals surface area contributed by atoms with Crippen molar-refractivity contribution in [1.29, 1.82) is 0 Å². The van der Waals surface area contributed by atoms with Crippen LogP contribution in [0.5, 0.6) is 0 Å². The fourth-order valence-corrected chi connectivity index (χ4v) is 4.96. The molecule has 1 N–H and O–H groups in total. The van der Waals surface area contributed by atoms with Gasteiger partial charge in [-0.25, -0.2) is 4.98 Å². The summed E-state index contributed by atoms with van der Waals surface area (Å²) in [7, 11) is 0. The Labute approximate surface area is 174 Å². The number of nitrogens with one attached hydrogen (secondary N) is 1. The number of hydrogen-bond donors (Lipinski definition) is 1. The zero-order valence-electron chi connectivity index (χ0n) is 17.1. The van der Waals surface area contributed by atoms with E-state index in [9.17, 15) is 4.79 Å². The summed E-state index contributed by atoms with van der Waals surface area (Å²) in [4.78, 5) is 22.3. The number of rotatable bonds is 6. The molecule has 0 aliphatic carbocycles. The van der Waals surface area contributed by atoms with E-state index in [0.29, 0.717) is 11.6 Å². The number of aromatic nitrogens is 2. The van der Waals surface area contributed by atoms with Crippen LogP contribution in [0.3, 0.4) is 0 Å². The van der Waals surface area contributed by atoms with Gasteiger partial charge in [-0.15, -0.1) is 11.3 Å². The molecule has 8 heteroatoms. The number of benzene rings is 1. The molecule has 7 nitrogen and oxygen atoms in total. The van der Waals surface area contributed by atoms with Gasteiger partial charge >= 0.3 is 0 Å². The quantitative estimate of drug-likeness (QED) is 0.664. The molecule has 1 amide bonds. The van der Waals surface area contributed by atoms with E-state index >= 15 is 0 Å². The maximum Gasteiger partial charge on any atom is 0.242 e. The Balaban J connectivity index is 1.36. The van der Waals surface area contributed by atoms with Gasteiger partial charge in [0.2, 0.25) is 5.91 Å². The molecule has 4 rings (SSSR count). The smallest absolute Gasteiger partial charge is 0.242 e. The maximum atomic E-state index is 12.7. The molecule has 1 fully saturated rings. The molecule has 1 aliphatic heterocycles. The first kappa shape index (κ1) is 20.0. The van der Waals surface area contributed by atoms with E-state index in [-0.39, 0.29) is 18.0 Å². The monoisotopic (exact) mass is 413 g/mol. The van der Waals surface area contributed by atoms with E-state index in [4.69, 9.17) is 9.51 Å². The zero-order valence-corrected chi connectivity index (χ0v) is 17.9. The average molecular weight is 414 g/mol. The SMILES string of the molecule is CC[C@H](C(=O)Nc1cc(C)on1)N1CCN([C@H](C)c2nc3ccccc3s2)CC1. The van der Waals surface area contributed by atoms with Crippen LogP contribution in [0.2, 0.25) is 0 Å². The Morgan fingerprint density at radius 2 is 1.97 bits per heavy atom. The first-order valence-electron chi connectivity index (χ1n) is 10.1. The van der Waals surface area contributed by atoms with Crippen LogP contribution in [0.1, 0.15) is 37.1 Å². The van der Waals surface area contributed by atoms with Crippen molar-refractivity contribution in [3.8, 4) is 0 Å². The summed E-state index contributed by atoms with van der Waals surface area (Å²) in [5.41, 5.74) is 1.07. The second-order valence-electron chi connectivity index (χ2n) is 7.50. The molecule has 2 atom stereocenters. The van der Waals surface area contributed by atoms with E-state index in [1.165, 1.54) is 4.70 Å². The molecule has 154 valence electrons. The molecule has 0 radical (unpaired) electrons. The van der Waals surface area contributed by atoms with Crippen LogP contribution in [0.25, 0.3) is 10.2 Å². The number of amides is 1. The second-order valence-corrected chi connectivity index (χ2v) is 8.57. The number of fused-ring (bicyclic) bond motifs is 1. The number of carbonyl (C=O) groups is 1. The Kier molecular flexibility index (Phi) is 5.94. The van der Waals surface area contributed by atoms with Gasteiger partial charge in [-0.3, -0.25) is 14.6 Å². The first-order valence-corrected chi connectivity index (χ1v) is 10.9. The highest BCUT2D eigenvalue weighted by Gasteiger charge is 2.30. The molecule has 0 unspecified atom stereocenters. The van der Waals surface area contributed by atoms with Gasteiger partial charge in [-0.1, -0.05) is 24.2 Å². The molecule has 0 spiro atoms. The predicted molar refractivity (Wildman–Crippen MR) is 115 cm³/mol. The fourth-order valence-electron chi connectivity index (χ4n) is 3.91. The Morgan fingerprint density at radius 3 is 2.62 bits per heavy atom. The summed E-state index contributed by atoms with van der Waals surface area (Å²) in [6, 6.07) is 10.1. The van der Waals surface area contributed by atoms with Gasteiger partial charge < -0.3 is 9.84 Å². The van der Waals surface area contributed by atoms with Gasteiger partial charge in [0.15, 0.2) is 5.82 Å². The number of anilines is 1. The van der Waals surface area contributed by atoms with Gasteiger partial charge in [-0.05, 0) is 32.4 Å². The van der Waals surface area contributed by atoms with Gasteiger partial charge in [0.25, 0.3) is 0 Å². The van der Waals surface area contributed by atoms with E-state index in [2.05, 4.69) is 52.3 Å². The molecule has 29 heavy (non-hydrogen) atoms. The summed E-state index contributed by atoms with van der Waals surface area (Å²) in [6.45, 7) is 9.65. The van der Waals surface area contributed by atoms with Gasteiger partial charge in [0.1, 0.15) is 10.8 Å². The molecule has 1 aliphatic rings. The van der Waals surface area contributed by atoms with E-state index in [1.54, 1.807) is 17.4 Å². The van der Waals surface area contributed by atoms with E-state index in [1.807, 2.05) is 13.0 Å². The number of thiazole rings is 1. The fraction of sp³-hybridized carbons (Fsp3) is 0.476. The van der Waals surface area contributed by atoms with Crippen LogP contribution >= 0.6 is 11.3 Å². The largest absolute Gasteiger partial charge is 0.360 e. The van der Waals surface area contributed by atoms with Crippen molar-refractivity contribution >= 4 is 33.3 Å². The molecule has 0 saturated carbocycles. The number of nitrogens with zero attached hydrogens (tertiary/aromatic N) is 4. The molecule has 2 aromatic heterocycles. The summed E-state index contributed by atoms with van der Waals surface area (Å²) in [5.74, 6) is 1.15. The average Bonchev–Trinajstić information content (AvgIpc) is 3.34. The van der Waals surface area contributed by atoms with E-state index in [0.717, 1.165) is 43.1 Å². The molecule has 3 aromatic rings. The van der Waals surface area contributed by atoms with Crippen molar-refractivity contribution in [3.63, 3.8) is 0 Å². The number of piperazine rings is 1. The third-order valence-corrected chi connectivity index (χ3v) is 6.78. The number of carbonyl (C=O) groups excluding carboxylic acids is 1. The van der Waals surface area contributed by atoms with Crippen molar-refractivity contribution in [3.05, 3.63) is 41.1 Å². The van der Waals surface area contributed by atoms with Crippen LogP contribution in [0.15, 0.2) is 34.9 Å². The van der Waals surface area contributed by atoms with Crippen LogP contribution in [-0.2, 0) is 4.79 Å². The third-order valence-electron chi connectivity index (χ3n) is 5.57. The highest BCUT2D eigenvalue weighted by Crippen LogP contribution is 2.30. The minimum Gasteiger partial charge on any atom is -0.360 e. The molecule has 0 bridgehead atoms. The van der Waals surface area contributed by atoms with Gasteiger partial charge in [-0.2, -0.15) is 0 Å². The molecule has 3 heterocycles. The first-order chi connectivity index (χ1) is 14.0. The summed E-state index contributed by atoms with van der Waals surface area (Å²) < 4.78 is 6.27. The molecule has 1 saturated heterocycles. The van der Waals surface area contributed by atoms with Gasteiger partial charge in [0, 0.05) is 32.2 Å². The van der Waals surface area contributed by atoms with Crippen LogP contribution in [0.4, 0.5) is 5.82 Å². The summed E-state index contributed by atoms with van der Waals surface area (Å²) >= 11 is 1.77. The lowest BCUT2D eigenvalue weighted by Gasteiger charge is -2.40. The van der Waals surface area contributed by atoms with Crippen LogP contribution in [-0.4, -0.2) is 58.1 Å².